The number of hydrogen-bond acceptors (Lipinski definition) is 5. The fraction of sp³-hybridized carbons (Fsp3) is 0.538. The Morgan fingerprint density at radius 3 is 2.58 bits per heavy atom. The molecular formula is C13H18NO4S-. The molecule has 2 rings (SSSR count). The second kappa shape index (κ2) is 7.59. The van der Waals surface area contributed by atoms with Crippen LogP contribution in [0.25, 0.3) is 0 Å². The molecule has 19 heavy (non-hydrogen) atoms. The molecule has 1 aromatic carbocycles. The van der Waals surface area contributed by atoms with Crippen LogP contribution in [-0.2, 0) is 15.8 Å². The Hall–Kier alpha value is -0.950. The Balaban J connectivity index is 1.66. The minimum absolute atomic E-state index is 0.278. The molecule has 6 heteroatoms. The van der Waals surface area contributed by atoms with Crippen LogP contribution >= 0.6 is 0 Å². The van der Waals surface area contributed by atoms with Crippen molar-refractivity contribution in [2.75, 3.05) is 39.5 Å². The van der Waals surface area contributed by atoms with Crippen LogP contribution in [0.2, 0.25) is 0 Å². The van der Waals surface area contributed by atoms with E-state index in [1.807, 2.05) is 0 Å². The van der Waals surface area contributed by atoms with Crippen molar-refractivity contribution in [2.45, 2.75) is 11.3 Å². The molecule has 5 nitrogen and oxygen atoms in total. The summed E-state index contributed by atoms with van der Waals surface area (Å²) in [5, 5.41) is 0. The number of nitrogens with zero attached hydrogens (tertiary/aromatic N) is 1. The third kappa shape index (κ3) is 4.91. The Morgan fingerprint density at radius 2 is 1.95 bits per heavy atom. The molecular weight excluding hydrogens is 266 g/mol. The van der Waals surface area contributed by atoms with Gasteiger partial charge in [-0.25, -0.2) is 0 Å². The lowest BCUT2D eigenvalue weighted by Crippen LogP contribution is -2.37. The second-order valence-electron chi connectivity index (χ2n) is 4.36. The molecule has 1 aromatic rings. The molecule has 106 valence electrons. The molecule has 1 aliphatic heterocycles. The maximum absolute atomic E-state index is 10.7. The van der Waals surface area contributed by atoms with Gasteiger partial charge in [-0.2, -0.15) is 0 Å². The Bertz CT molecular complexity index is 404. The van der Waals surface area contributed by atoms with Crippen molar-refractivity contribution < 1.29 is 18.2 Å². The van der Waals surface area contributed by atoms with E-state index in [0.29, 0.717) is 12.4 Å². The highest BCUT2D eigenvalue weighted by Crippen LogP contribution is 2.14. The smallest absolute Gasteiger partial charge is 0.119 e. The molecule has 1 atom stereocenters. The minimum Gasteiger partial charge on any atom is -0.768 e. The lowest BCUT2D eigenvalue weighted by molar-refractivity contribution is 0.0358. The monoisotopic (exact) mass is 284 g/mol. The first kappa shape index (κ1) is 14.5. The highest BCUT2D eigenvalue weighted by atomic mass is 32.2. The van der Waals surface area contributed by atoms with E-state index < -0.39 is 11.1 Å². The third-order valence-corrected chi connectivity index (χ3v) is 3.66. The molecule has 0 aliphatic carbocycles. The zero-order chi connectivity index (χ0) is 13.5. The van der Waals surface area contributed by atoms with Gasteiger partial charge in [0.05, 0.1) is 19.8 Å². The van der Waals surface area contributed by atoms with Crippen molar-refractivity contribution in [1.82, 2.24) is 4.90 Å². The van der Waals surface area contributed by atoms with Gasteiger partial charge < -0.3 is 14.0 Å². The van der Waals surface area contributed by atoms with Gasteiger partial charge in [0.15, 0.2) is 0 Å². The van der Waals surface area contributed by atoms with Crippen LogP contribution in [0.4, 0.5) is 0 Å². The molecule has 1 aliphatic rings. The van der Waals surface area contributed by atoms with Crippen LogP contribution in [0.1, 0.15) is 6.42 Å². The van der Waals surface area contributed by atoms with Crippen molar-refractivity contribution in [2.24, 2.45) is 0 Å². The summed E-state index contributed by atoms with van der Waals surface area (Å²) in [6.07, 6.45) is 0.954. The third-order valence-electron chi connectivity index (χ3n) is 3.01. The van der Waals surface area contributed by atoms with Crippen molar-refractivity contribution in [3.63, 3.8) is 0 Å². The average Bonchev–Trinajstić information content (AvgIpc) is 2.45. The first-order chi connectivity index (χ1) is 9.25. The fourth-order valence-corrected chi connectivity index (χ4v) is 2.31. The highest BCUT2D eigenvalue weighted by Gasteiger charge is 2.09. The van der Waals surface area contributed by atoms with Crippen LogP contribution in [0.3, 0.4) is 0 Å². The molecule has 0 saturated carbocycles. The Labute approximate surface area is 115 Å². The molecule has 0 radical (unpaired) electrons. The van der Waals surface area contributed by atoms with E-state index in [1.54, 1.807) is 24.3 Å². The molecule has 0 amide bonds. The van der Waals surface area contributed by atoms with E-state index >= 15 is 0 Å². The molecule has 0 N–H and O–H groups in total. The Kier molecular flexibility index (Phi) is 5.78. The summed E-state index contributed by atoms with van der Waals surface area (Å²) >= 11 is -2.17. The number of morpholine rings is 1. The van der Waals surface area contributed by atoms with Gasteiger partial charge in [-0.15, -0.1) is 0 Å². The van der Waals surface area contributed by atoms with Crippen molar-refractivity contribution in [3.05, 3.63) is 24.3 Å². The summed E-state index contributed by atoms with van der Waals surface area (Å²) in [6, 6.07) is 6.45. The van der Waals surface area contributed by atoms with Crippen LogP contribution in [0, 0.1) is 0 Å². The van der Waals surface area contributed by atoms with Crippen LogP contribution in [0.5, 0.6) is 5.75 Å². The van der Waals surface area contributed by atoms with E-state index in [2.05, 4.69) is 4.90 Å². The molecule has 0 spiro atoms. The second-order valence-corrected chi connectivity index (χ2v) is 5.30. The van der Waals surface area contributed by atoms with Crippen molar-refractivity contribution >= 4 is 11.1 Å². The zero-order valence-corrected chi connectivity index (χ0v) is 11.6. The van der Waals surface area contributed by atoms with Gasteiger partial charge in [-0.05, 0) is 41.8 Å². The Morgan fingerprint density at radius 1 is 1.26 bits per heavy atom. The van der Waals surface area contributed by atoms with E-state index in [9.17, 15) is 8.76 Å². The topological polar surface area (TPSA) is 61.8 Å². The van der Waals surface area contributed by atoms with Crippen molar-refractivity contribution in [3.8, 4) is 5.75 Å². The summed E-state index contributed by atoms with van der Waals surface area (Å²) in [6.45, 7) is 5.25. The average molecular weight is 284 g/mol. The molecule has 1 unspecified atom stereocenters. The predicted octanol–water partition coefficient (Wildman–Crippen LogP) is 1.03. The molecule has 1 heterocycles. The zero-order valence-electron chi connectivity index (χ0n) is 10.7. The minimum atomic E-state index is -2.17. The summed E-state index contributed by atoms with van der Waals surface area (Å²) in [7, 11) is 0. The van der Waals surface area contributed by atoms with Gasteiger partial charge in [-0.3, -0.25) is 9.11 Å². The largest absolute Gasteiger partial charge is 0.768 e. The van der Waals surface area contributed by atoms with Gasteiger partial charge in [0.2, 0.25) is 0 Å². The van der Waals surface area contributed by atoms with E-state index in [4.69, 9.17) is 9.47 Å². The normalized spacial score (nSPS) is 18.2. The van der Waals surface area contributed by atoms with Crippen LogP contribution in [-0.4, -0.2) is 53.1 Å². The standard InChI is InChI=1S/C13H19NO4S/c15-19(16)13-4-2-12(3-5-13)18-9-1-6-14-7-10-17-11-8-14/h2-5H,1,6-11H2,(H,15,16)/p-1. The number of rotatable bonds is 6. The van der Waals surface area contributed by atoms with E-state index in [0.717, 1.165) is 39.3 Å². The van der Waals surface area contributed by atoms with Crippen molar-refractivity contribution in [1.29, 1.82) is 0 Å². The quantitative estimate of drug-likeness (QED) is 0.576. The SMILES string of the molecule is O=S([O-])c1ccc(OCCCN2CCOCC2)cc1. The first-order valence-corrected chi connectivity index (χ1v) is 7.45. The van der Waals surface area contributed by atoms with E-state index in [-0.39, 0.29) is 4.90 Å². The van der Waals surface area contributed by atoms with Gasteiger partial charge in [0, 0.05) is 24.5 Å². The van der Waals surface area contributed by atoms with Gasteiger partial charge in [0.25, 0.3) is 0 Å². The summed E-state index contributed by atoms with van der Waals surface area (Å²) in [5.41, 5.74) is 0. The maximum Gasteiger partial charge on any atom is 0.119 e. The van der Waals surface area contributed by atoms with Gasteiger partial charge in [-0.1, -0.05) is 0 Å². The summed E-state index contributed by atoms with van der Waals surface area (Å²) in [5.74, 6) is 0.705. The predicted molar refractivity (Wildman–Crippen MR) is 71.0 cm³/mol. The lowest BCUT2D eigenvalue weighted by atomic mass is 10.3. The van der Waals surface area contributed by atoms with Crippen LogP contribution in [0.15, 0.2) is 29.2 Å². The first-order valence-electron chi connectivity index (χ1n) is 6.38. The molecule has 1 saturated heterocycles. The fourth-order valence-electron chi connectivity index (χ4n) is 1.95. The molecule has 1 fully saturated rings. The lowest BCUT2D eigenvalue weighted by Gasteiger charge is -2.26. The number of benzene rings is 1. The maximum atomic E-state index is 10.7. The highest BCUT2D eigenvalue weighted by molar-refractivity contribution is 7.79. The number of ether oxygens (including phenoxy) is 2. The summed E-state index contributed by atoms with van der Waals surface area (Å²) < 4.78 is 32.2. The van der Waals surface area contributed by atoms with E-state index in [1.165, 1.54) is 0 Å². The molecule has 0 aromatic heterocycles. The molecule has 0 bridgehead atoms. The van der Waals surface area contributed by atoms with Gasteiger partial charge >= 0.3 is 0 Å². The number of hydrogen-bond donors (Lipinski definition) is 0. The summed E-state index contributed by atoms with van der Waals surface area (Å²) in [4.78, 5) is 2.64. The van der Waals surface area contributed by atoms with Crippen LogP contribution < -0.4 is 4.74 Å². The van der Waals surface area contributed by atoms with Gasteiger partial charge in [0.1, 0.15) is 5.75 Å².